The normalized spacial score (nSPS) is 16.7. The van der Waals surface area contributed by atoms with Crippen LogP contribution in [0.15, 0.2) is 30.9 Å². The molecule has 1 saturated heterocycles. The van der Waals surface area contributed by atoms with E-state index in [2.05, 4.69) is 16.8 Å². The first-order valence-corrected chi connectivity index (χ1v) is 7.35. The van der Waals surface area contributed by atoms with E-state index in [4.69, 9.17) is 0 Å². The molecule has 0 aliphatic carbocycles. The second kappa shape index (κ2) is 10.2. The maximum absolute atomic E-state index is 13.7. The third-order valence-corrected chi connectivity index (χ3v) is 3.87. The summed E-state index contributed by atoms with van der Waals surface area (Å²) < 4.78 is 52.4. The van der Waals surface area contributed by atoms with Gasteiger partial charge in [0.2, 0.25) is 0 Å². The smallest absolute Gasteiger partial charge is 0.314 e. The zero-order chi connectivity index (χ0) is 16.2. The van der Waals surface area contributed by atoms with Crippen molar-refractivity contribution in [1.29, 1.82) is 0 Å². The molecule has 24 heavy (non-hydrogen) atoms. The fraction of sp³-hybridized carbons (Fsp3) is 0.500. The van der Waals surface area contributed by atoms with Gasteiger partial charge in [0.05, 0.1) is 5.56 Å². The Labute approximate surface area is 152 Å². The molecule has 1 aliphatic heterocycles. The average Bonchev–Trinajstić information content (AvgIpc) is 2.47. The Hall–Kier alpha value is -0.820. The first-order chi connectivity index (χ1) is 10.4. The van der Waals surface area contributed by atoms with Gasteiger partial charge in [0.15, 0.2) is 0 Å². The van der Waals surface area contributed by atoms with Crippen molar-refractivity contribution in [2.75, 3.05) is 26.2 Å². The van der Waals surface area contributed by atoms with E-state index in [0.29, 0.717) is 24.5 Å². The Morgan fingerprint density at radius 3 is 2.33 bits per heavy atom. The van der Waals surface area contributed by atoms with Crippen LogP contribution in [0.5, 0.6) is 0 Å². The lowest BCUT2D eigenvalue weighted by atomic mass is 9.97. The molecule has 1 aromatic rings. The van der Waals surface area contributed by atoms with Gasteiger partial charge in [-0.15, -0.1) is 31.4 Å². The van der Waals surface area contributed by atoms with Crippen molar-refractivity contribution < 1.29 is 17.6 Å². The van der Waals surface area contributed by atoms with E-state index in [1.807, 2.05) is 0 Å². The summed E-state index contributed by atoms with van der Waals surface area (Å²) in [5.74, 6) is -0.844. The molecule has 2 rings (SSSR count). The zero-order valence-corrected chi connectivity index (χ0v) is 14.7. The molecule has 138 valence electrons. The Morgan fingerprint density at radius 2 is 1.79 bits per heavy atom. The van der Waals surface area contributed by atoms with E-state index in [9.17, 15) is 17.6 Å². The highest BCUT2D eigenvalue weighted by molar-refractivity contribution is 5.85. The van der Waals surface area contributed by atoms with Crippen molar-refractivity contribution >= 4 is 24.8 Å². The summed E-state index contributed by atoms with van der Waals surface area (Å²) in [6.45, 7) is 6.70. The molecule has 0 amide bonds. The highest BCUT2D eigenvalue weighted by Gasteiger charge is 2.32. The lowest BCUT2D eigenvalue weighted by Crippen LogP contribution is -2.45. The average molecular weight is 389 g/mol. The van der Waals surface area contributed by atoms with E-state index in [1.165, 1.54) is 6.07 Å². The van der Waals surface area contributed by atoms with Crippen LogP contribution in [0.2, 0.25) is 0 Å². The quantitative estimate of drug-likeness (QED) is 0.585. The van der Waals surface area contributed by atoms with Crippen molar-refractivity contribution in [3.63, 3.8) is 0 Å². The molecule has 0 bridgehead atoms. The molecule has 1 fully saturated rings. The third kappa shape index (κ3) is 6.24. The summed E-state index contributed by atoms with van der Waals surface area (Å²) in [4.78, 5) is 2.11. The predicted octanol–water partition coefficient (Wildman–Crippen LogP) is 4.60. The molecule has 0 radical (unpaired) electrons. The number of benzene rings is 1. The highest BCUT2D eigenvalue weighted by Crippen LogP contribution is 2.34. The second-order valence-corrected chi connectivity index (χ2v) is 5.44. The summed E-state index contributed by atoms with van der Waals surface area (Å²) in [5.41, 5.74) is -0.544. The highest BCUT2D eigenvalue weighted by atomic mass is 35.5. The number of hydrogen-bond acceptors (Lipinski definition) is 2. The molecule has 2 nitrogen and oxygen atoms in total. The van der Waals surface area contributed by atoms with Gasteiger partial charge in [0, 0.05) is 32.2 Å². The van der Waals surface area contributed by atoms with E-state index in [-0.39, 0.29) is 30.9 Å². The molecule has 0 aromatic heterocycles. The Morgan fingerprint density at radius 1 is 1.17 bits per heavy atom. The number of hydrogen-bond donors (Lipinski definition) is 1. The molecule has 0 spiro atoms. The number of rotatable bonds is 5. The van der Waals surface area contributed by atoms with Crippen molar-refractivity contribution in [1.82, 2.24) is 10.2 Å². The third-order valence-electron chi connectivity index (χ3n) is 3.87. The molecule has 1 N–H and O–H groups in total. The minimum Gasteiger partial charge on any atom is -0.314 e. The fourth-order valence-electron chi connectivity index (χ4n) is 2.80. The largest absolute Gasteiger partial charge is 0.416 e. The van der Waals surface area contributed by atoms with Crippen LogP contribution in [-0.2, 0) is 6.18 Å². The summed E-state index contributed by atoms with van der Waals surface area (Å²) >= 11 is 0. The lowest BCUT2D eigenvalue weighted by molar-refractivity contribution is -0.137. The van der Waals surface area contributed by atoms with E-state index >= 15 is 0 Å². The number of allylic oxidation sites excluding steroid dienone is 1. The number of halogens is 6. The van der Waals surface area contributed by atoms with Crippen LogP contribution < -0.4 is 5.32 Å². The zero-order valence-electron chi connectivity index (χ0n) is 13.1. The van der Waals surface area contributed by atoms with Crippen molar-refractivity contribution in [2.45, 2.75) is 25.1 Å². The van der Waals surface area contributed by atoms with Crippen LogP contribution in [0.1, 0.15) is 30.0 Å². The number of nitrogens with one attached hydrogen (secondary N) is 1. The van der Waals surface area contributed by atoms with Gasteiger partial charge in [-0.25, -0.2) is 4.39 Å². The molecular formula is C16H22Cl2F4N2. The first kappa shape index (κ1) is 23.2. The molecule has 1 heterocycles. The molecule has 1 aliphatic rings. The molecule has 8 heteroatoms. The molecule has 0 saturated carbocycles. The van der Waals surface area contributed by atoms with Gasteiger partial charge in [-0.05, 0) is 36.6 Å². The van der Waals surface area contributed by atoms with Crippen molar-refractivity contribution in [3.8, 4) is 0 Å². The Balaban J connectivity index is 0.00000264. The number of alkyl halides is 3. The van der Waals surface area contributed by atoms with Gasteiger partial charge in [-0.2, -0.15) is 13.2 Å². The maximum Gasteiger partial charge on any atom is 0.416 e. The van der Waals surface area contributed by atoms with E-state index in [0.717, 1.165) is 32.2 Å². The number of piperazine rings is 1. The van der Waals surface area contributed by atoms with Crippen LogP contribution in [0.25, 0.3) is 0 Å². The topological polar surface area (TPSA) is 15.3 Å². The maximum atomic E-state index is 13.7. The Bertz CT molecular complexity index is 517. The van der Waals surface area contributed by atoms with Gasteiger partial charge in [-0.1, -0.05) is 6.08 Å². The predicted molar refractivity (Wildman–Crippen MR) is 92.5 cm³/mol. The standard InChI is InChI=1S/C16H20F4N2.2ClH/c1-2-3-4-15(22-7-5-21-6-8-22)12-9-13(16(18,19)20)11-14(17)10-12;;/h2,9-11,15,21H,1,3-8H2;2*1H/t15-;;/m0../s1. The van der Waals surface area contributed by atoms with E-state index < -0.39 is 17.6 Å². The van der Waals surface area contributed by atoms with Gasteiger partial charge < -0.3 is 5.32 Å². The van der Waals surface area contributed by atoms with Crippen LogP contribution in [0.4, 0.5) is 17.6 Å². The number of nitrogens with zero attached hydrogens (tertiary/aromatic N) is 1. The summed E-state index contributed by atoms with van der Waals surface area (Å²) in [5, 5.41) is 3.21. The Kier molecular flexibility index (Phi) is 9.88. The molecule has 1 aromatic carbocycles. The van der Waals surface area contributed by atoms with Crippen molar-refractivity contribution in [2.24, 2.45) is 0 Å². The second-order valence-electron chi connectivity index (χ2n) is 5.44. The minimum atomic E-state index is -4.54. The van der Waals surface area contributed by atoms with Crippen LogP contribution in [-0.4, -0.2) is 31.1 Å². The van der Waals surface area contributed by atoms with Crippen LogP contribution in [0.3, 0.4) is 0 Å². The monoisotopic (exact) mass is 388 g/mol. The minimum absolute atomic E-state index is 0. The summed E-state index contributed by atoms with van der Waals surface area (Å²) in [6, 6.07) is 2.60. The molecule has 1 atom stereocenters. The van der Waals surface area contributed by atoms with Crippen LogP contribution in [0, 0.1) is 5.82 Å². The molecular weight excluding hydrogens is 367 g/mol. The summed E-state index contributed by atoms with van der Waals surface area (Å²) in [7, 11) is 0. The first-order valence-electron chi connectivity index (χ1n) is 7.35. The van der Waals surface area contributed by atoms with Gasteiger partial charge in [-0.3, -0.25) is 4.90 Å². The fourth-order valence-corrected chi connectivity index (χ4v) is 2.80. The van der Waals surface area contributed by atoms with Gasteiger partial charge in [0.1, 0.15) is 5.82 Å². The van der Waals surface area contributed by atoms with Gasteiger partial charge in [0.25, 0.3) is 0 Å². The lowest BCUT2D eigenvalue weighted by Gasteiger charge is -2.35. The molecule has 0 unspecified atom stereocenters. The SMILES string of the molecule is C=CCC[C@@H](c1cc(F)cc(C(F)(F)F)c1)N1CCNCC1.Cl.Cl. The van der Waals surface area contributed by atoms with E-state index in [1.54, 1.807) is 6.08 Å². The van der Waals surface area contributed by atoms with Crippen LogP contribution >= 0.6 is 24.8 Å². The van der Waals surface area contributed by atoms with Gasteiger partial charge >= 0.3 is 6.18 Å². The summed E-state index contributed by atoms with van der Waals surface area (Å²) in [6.07, 6.45) is -1.50. The van der Waals surface area contributed by atoms with Crippen molar-refractivity contribution in [3.05, 3.63) is 47.8 Å².